The molecule has 5 amide bonds. The molecule has 0 aromatic heterocycles. The second-order valence-corrected chi connectivity index (χ2v) is 7.19. The quantitative estimate of drug-likeness (QED) is 0.524. The first-order valence-corrected chi connectivity index (χ1v) is 8.67. The van der Waals surface area contributed by atoms with Crippen LogP contribution in [0.25, 0.3) is 0 Å². The van der Waals surface area contributed by atoms with Crippen molar-refractivity contribution in [3.8, 4) is 0 Å². The molecule has 0 radical (unpaired) electrons. The normalized spacial score (nSPS) is 19.9. The van der Waals surface area contributed by atoms with Gasteiger partial charge in [-0.25, -0.2) is 9.59 Å². The molecule has 0 aromatic carbocycles. The van der Waals surface area contributed by atoms with E-state index in [1.54, 1.807) is 20.8 Å². The van der Waals surface area contributed by atoms with Crippen LogP contribution in [0.1, 0.15) is 46.5 Å². The molecule has 27 heavy (non-hydrogen) atoms. The number of likely N-dealkylation sites (tertiary alicyclic amines) is 1. The van der Waals surface area contributed by atoms with E-state index in [-0.39, 0.29) is 19.5 Å². The minimum atomic E-state index is -1.05. The number of rotatable bonds is 4. The highest BCUT2D eigenvalue weighted by atomic mass is 16.7. The molecule has 0 spiro atoms. The van der Waals surface area contributed by atoms with E-state index in [4.69, 9.17) is 4.74 Å². The Morgan fingerprint density at radius 2 is 1.74 bits per heavy atom. The fraction of sp³-hybridized carbons (Fsp3) is 0.688. The van der Waals surface area contributed by atoms with Gasteiger partial charge in [0.1, 0.15) is 11.6 Å². The maximum Gasteiger partial charge on any atom is 0.433 e. The minimum Gasteiger partial charge on any atom is -0.444 e. The molecular weight excluding hydrogens is 360 g/mol. The Balaban J connectivity index is 1.77. The number of nitrogens with one attached hydrogen (secondary N) is 2. The highest BCUT2D eigenvalue weighted by molar-refractivity contribution is 6.01. The van der Waals surface area contributed by atoms with Gasteiger partial charge in [-0.3, -0.25) is 19.3 Å². The topological polar surface area (TPSA) is 134 Å². The summed E-state index contributed by atoms with van der Waals surface area (Å²) in [5, 5.41) is 5.08. The van der Waals surface area contributed by atoms with Gasteiger partial charge in [0.15, 0.2) is 0 Å². The average molecular weight is 384 g/mol. The zero-order valence-corrected chi connectivity index (χ0v) is 15.6. The van der Waals surface area contributed by atoms with Gasteiger partial charge in [-0.15, -0.1) is 5.06 Å². The van der Waals surface area contributed by atoms with E-state index in [2.05, 4.69) is 15.5 Å². The van der Waals surface area contributed by atoms with E-state index in [9.17, 15) is 24.0 Å². The van der Waals surface area contributed by atoms with Gasteiger partial charge in [-0.05, 0) is 33.6 Å². The Kier molecular flexibility index (Phi) is 6.24. The van der Waals surface area contributed by atoms with Crippen LogP contribution in [0.3, 0.4) is 0 Å². The van der Waals surface area contributed by atoms with Crippen molar-refractivity contribution < 1.29 is 33.5 Å². The number of nitrogens with zero attached hydrogens (tertiary/aromatic N) is 2. The third kappa shape index (κ3) is 5.56. The van der Waals surface area contributed by atoms with Crippen molar-refractivity contribution >= 4 is 29.9 Å². The number of amides is 5. The van der Waals surface area contributed by atoms with Gasteiger partial charge in [0.2, 0.25) is 5.91 Å². The molecule has 0 aliphatic carbocycles. The standard InChI is InChI=1S/C16H24N4O7/c1-16(2,3)26-15(25)19-8-4-5-10(19)13(23)17-9-18-14(24)27-20-11(21)6-7-12(20)22/h10H,4-9H2,1-3H3,(H,17,23)(H,18,24). The van der Waals surface area contributed by atoms with Gasteiger partial charge in [-0.2, -0.15) is 0 Å². The number of carbonyl (C=O) groups is 5. The van der Waals surface area contributed by atoms with Gasteiger partial charge in [-0.1, -0.05) is 0 Å². The van der Waals surface area contributed by atoms with E-state index < -0.39 is 41.6 Å². The van der Waals surface area contributed by atoms with Crippen LogP contribution >= 0.6 is 0 Å². The molecule has 11 nitrogen and oxygen atoms in total. The van der Waals surface area contributed by atoms with Gasteiger partial charge >= 0.3 is 12.2 Å². The third-order valence-electron chi connectivity index (χ3n) is 3.86. The Bertz CT molecular complexity index is 627. The van der Waals surface area contributed by atoms with Crippen molar-refractivity contribution in [2.24, 2.45) is 0 Å². The summed E-state index contributed by atoms with van der Waals surface area (Å²) in [6.07, 6.45) is -0.498. The van der Waals surface area contributed by atoms with Crippen molar-refractivity contribution in [1.82, 2.24) is 20.6 Å². The first-order chi connectivity index (χ1) is 12.6. The molecule has 2 saturated heterocycles. The fourth-order valence-corrected chi connectivity index (χ4v) is 2.67. The number of hydroxylamine groups is 2. The lowest BCUT2D eigenvalue weighted by Crippen LogP contribution is -2.50. The summed E-state index contributed by atoms with van der Waals surface area (Å²) in [5.41, 5.74) is -0.670. The molecule has 1 atom stereocenters. The van der Waals surface area contributed by atoms with Crippen LogP contribution in [0.4, 0.5) is 9.59 Å². The van der Waals surface area contributed by atoms with E-state index in [0.29, 0.717) is 24.4 Å². The minimum absolute atomic E-state index is 0.00890. The Labute approximate surface area is 156 Å². The molecule has 2 fully saturated rings. The maximum atomic E-state index is 12.3. The molecule has 150 valence electrons. The van der Waals surface area contributed by atoms with Crippen LogP contribution in [0.2, 0.25) is 0 Å². The van der Waals surface area contributed by atoms with Crippen LogP contribution in [0, 0.1) is 0 Å². The van der Waals surface area contributed by atoms with Crippen molar-refractivity contribution in [3.63, 3.8) is 0 Å². The summed E-state index contributed by atoms with van der Waals surface area (Å²) in [4.78, 5) is 64.7. The Morgan fingerprint density at radius 3 is 2.33 bits per heavy atom. The monoisotopic (exact) mass is 384 g/mol. The molecule has 2 rings (SSSR count). The van der Waals surface area contributed by atoms with Gasteiger partial charge in [0.25, 0.3) is 11.8 Å². The number of ether oxygens (including phenoxy) is 1. The molecule has 0 bridgehead atoms. The lowest BCUT2D eigenvalue weighted by molar-refractivity contribution is -0.171. The van der Waals surface area contributed by atoms with Gasteiger partial charge < -0.3 is 20.2 Å². The van der Waals surface area contributed by atoms with Crippen LogP contribution < -0.4 is 10.6 Å². The SMILES string of the molecule is CC(C)(C)OC(=O)N1CCCC1C(=O)NCNC(=O)ON1C(=O)CCC1=O. The van der Waals surface area contributed by atoms with Crippen molar-refractivity contribution in [2.45, 2.75) is 58.1 Å². The van der Waals surface area contributed by atoms with E-state index in [0.717, 1.165) is 0 Å². The molecule has 2 aliphatic rings. The second-order valence-electron chi connectivity index (χ2n) is 7.19. The number of hydrogen-bond acceptors (Lipinski definition) is 7. The average Bonchev–Trinajstić information content (AvgIpc) is 3.15. The molecule has 2 N–H and O–H groups in total. The fourth-order valence-electron chi connectivity index (χ4n) is 2.67. The molecule has 0 saturated carbocycles. The zero-order valence-electron chi connectivity index (χ0n) is 15.6. The third-order valence-corrected chi connectivity index (χ3v) is 3.86. The Morgan fingerprint density at radius 1 is 1.11 bits per heavy atom. The number of carbonyl (C=O) groups excluding carboxylic acids is 5. The zero-order chi connectivity index (χ0) is 20.2. The Hall–Kier alpha value is -2.85. The lowest BCUT2D eigenvalue weighted by atomic mass is 10.2. The second kappa shape index (κ2) is 8.23. The van der Waals surface area contributed by atoms with Crippen molar-refractivity contribution in [2.75, 3.05) is 13.2 Å². The molecular formula is C16H24N4O7. The largest absolute Gasteiger partial charge is 0.444 e. The maximum absolute atomic E-state index is 12.3. The van der Waals surface area contributed by atoms with Gasteiger partial charge in [0.05, 0.1) is 6.67 Å². The highest BCUT2D eigenvalue weighted by Gasteiger charge is 2.36. The van der Waals surface area contributed by atoms with E-state index >= 15 is 0 Å². The first-order valence-electron chi connectivity index (χ1n) is 8.67. The number of hydrogen-bond donors (Lipinski definition) is 2. The molecule has 11 heteroatoms. The smallest absolute Gasteiger partial charge is 0.433 e. The predicted molar refractivity (Wildman–Crippen MR) is 89.7 cm³/mol. The van der Waals surface area contributed by atoms with Gasteiger partial charge in [0, 0.05) is 19.4 Å². The van der Waals surface area contributed by atoms with E-state index in [1.165, 1.54) is 4.90 Å². The van der Waals surface area contributed by atoms with Crippen LogP contribution in [-0.4, -0.2) is 64.7 Å². The van der Waals surface area contributed by atoms with Crippen LogP contribution in [-0.2, 0) is 24.0 Å². The molecule has 0 aromatic rings. The van der Waals surface area contributed by atoms with Crippen LogP contribution in [0.5, 0.6) is 0 Å². The first kappa shape index (κ1) is 20.5. The summed E-state index contributed by atoms with van der Waals surface area (Å²) in [6.45, 7) is 5.33. The lowest BCUT2D eigenvalue weighted by Gasteiger charge is -2.28. The molecule has 2 aliphatic heterocycles. The summed E-state index contributed by atoms with van der Waals surface area (Å²) in [5.74, 6) is -1.65. The van der Waals surface area contributed by atoms with Crippen molar-refractivity contribution in [1.29, 1.82) is 0 Å². The molecule has 1 unspecified atom stereocenters. The summed E-state index contributed by atoms with van der Waals surface area (Å²) >= 11 is 0. The summed E-state index contributed by atoms with van der Waals surface area (Å²) in [6, 6.07) is -0.695. The van der Waals surface area contributed by atoms with Crippen LogP contribution in [0.15, 0.2) is 0 Å². The highest BCUT2D eigenvalue weighted by Crippen LogP contribution is 2.20. The summed E-state index contributed by atoms with van der Waals surface area (Å²) in [7, 11) is 0. The predicted octanol–water partition coefficient (Wildman–Crippen LogP) is 0.250. The van der Waals surface area contributed by atoms with E-state index in [1.807, 2.05) is 0 Å². The summed E-state index contributed by atoms with van der Waals surface area (Å²) < 4.78 is 5.29. The molecule has 2 heterocycles. The number of imide groups is 1. The van der Waals surface area contributed by atoms with Crippen molar-refractivity contribution in [3.05, 3.63) is 0 Å².